The summed E-state index contributed by atoms with van der Waals surface area (Å²) < 4.78 is 10.9. The van der Waals surface area contributed by atoms with Crippen LogP contribution < -0.4 is 11.1 Å². The summed E-state index contributed by atoms with van der Waals surface area (Å²) in [5.41, 5.74) is 5.33. The number of hydrogen-bond acceptors (Lipinski definition) is 4. The van der Waals surface area contributed by atoms with Crippen LogP contribution in [0.5, 0.6) is 0 Å². The lowest BCUT2D eigenvalue weighted by Gasteiger charge is -2.35. The van der Waals surface area contributed by atoms with Gasteiger partial charge in [-0.05, 0) is 6.92 Å². The third-order valence-corrected chi connectivity index (χ3v) is 2.66. The molecule has 0 aromatic rings. The smallest absolute Gasteiger partial charge is 0.246 e. The Bertz CT molecular complexity index is 203. The first kappa shape index (κ1) is 12.4. The first-order valence-electron chi connectivity index (χ1n) is 5.41. The van der Waals surface area contributed by atoms with Crippen LogP contribution in [0.3, 0.4) is 0 Å². The van der Waals surface area contributed by atoms with Gasteiger partial charge in [0.05, 0.1) is 5.60 Å². The zero-order valence-electron chi connectivity index (χ0n) is 9.25. The zero-order chi connectivity index (χ0) is 11.1. The maximum absolute atomic E-state index is 11.2. The largest absolute Gasteiger partial charge is 0.381 e. The molecule has 5 nitrogen and oxygen atoms in total. The van der Waals surface area contributed by atoms with Crippen molar-refractivity contribution in [3.8, 4) is 0 Å². The number of likely N-dealkylation sites (N-methyl/N-ethyl adjacent to an activating group) is 1. The lowest BCUT2D eigenvalue weighted by molar-refractivity contribution is -0.141. The van der Waals surface area contributed by atoms with Gasteiger partial charge in [-0.15, -0.1) is 0 Å². The number of rotatable bonds is 5. The van der Waals surface area contributed by atoms with Crippen molar-refractivity contribution >= 4 is 5.91 Å². The molecule has 1 heterocycles. The second-order valence-corrected chi connectivity index (χ2v) is 3.74. The van der Waals surface area contributed by atoms with Gasteiger partial charge in [-0.2, -0.15) is 0 Å². The molecule has 1 saturated heterocycles. The van der Waals surface area contributed by atoms with Crippen molar-refractivity contribution in [2.24, 2.45) is 5.73 Å². The van der Waals surface area contributed by atoms with Gasteiger partial charge in [0, 0.05) is 39.1 Å². The van der Waals surface area contributed by atoms with Crippen LogP contribution in [-0.4, -0.2) is 44.4 Å². The van der Waals surface area contributed by atoms with E-state index in [1.54, 1.807) is 0 Å². The van der Waals surface area contributed by atoms with E-state index in [0.717, 1.165) is 12.8 Å². The van der Waals surface area contributed by atoms with E-state index in [-0.39, 0.29) is 18.1 Å². The molecule has 0 spiro atoms. The standard InChI is InChI=1S/C10H20N2O3/c1-2-12-9(13)7-15-10(8-11)3-5-14-6-4-10/h2-8,11H2,1H3,(H,12,13). The van der Waals surface area contributed by atoms with E-state index in [2.05, 4.69) is 5.32 Å². The maximum Gasteiger partial charge on any atom is 0.246 e. The molecule has 0 bridgehead atoms. The summed E-state index contributed by atoms with van der Waals surface area (Å²) in [5.74, 6) is -0.0863. The summed E-state index contributed by atoms with van der Waals surface area (Å²) in [4.78, 5) is 11.2. The summed E-state index contributed by atoms with van der Waals surface area (Å²) in [6, 6.07) is 0. The second-order valence-electron chi connectivity index (χ2n) is 3.74. The molecule has 15 heavy (non-hydrogen) atoms. The molecule has 3 N–H and O–H groups in total. The molecule has 1 rings (SSSR count). The first-order valence-corrected chi connectivity index (χ1v) is 5.41. The molecular weight excluding hydrogens is 196 g/mol. The van der Waals surface area contributed by atoms with Crippen molar-refractivity contribution in [3.05, 3.63) is 0 Å². The summed E-state index contributed by atoms with van der Waals surface area (Å²) in [6.45, 7) is 4.35. The molecule has 88 valence electrons. The Labute approximate surface area is 90.3 Å². The molecule has 1 amide bonds. The van der Waals surface area contributed by atoms with Crippen molar-refractivity contribution in [3.63, 3.8) is 0 Å². The fraction of sp³-hybridized carbons (Fsp3) is 0.900. The van der Waals surface area contributed by atoms with E-state index in [1.165, 1.54) is 0 Å². The fourth-order valence-electron chi connectivity index (χ4n) is 1.62. The number of nitrogens with one attached hydrogen (secondary N) is 1. The molecule has 1 aliphatic heterocycles. The van der Waals surface area contributed by atoms with E-state index in [1.807, 2.05) is 6.92 Å². The maximum atomic E-state index is 11.2. The van der Waals surface area contributed by atoms with Gasteiger partial charge in [-0.1, -0.05) is 0 Å². The van der Waals surface area contributed by atoms with Gasteiger partial charge in [-0.25, -0.2) is 0 Å². The van der Waals surface area contributed by atoms with Crippen molar-refractivity contribution < 1.29 is 14.3 Å². The van der Waals surface area contributed by atoms with E-state index in [9.17, 15) is 4.79 Å². The van der Waals surface area contributed by atoms with Crippen molar-refractivity contribution in [2.45, 2.75) is 25.4 Å². The Hall–Kier alpha value is -0.650. The second kappa shape index (κ2) is 6.05. The van der Waals surface area contributed by atoms with Gasteiger partial charge in [0.25, 0.3) is 0 Å². The molecule has 1 fully saturated rings. The van der Waals surface area contributed by atoms with Gasteiger partial charge in [0.2, 0.25) is 5.91 Å². The zero-order valence-corrected chi connectivity index (χ0v) is 9.25. The van der Waals surface area contributed by atoms with Crippen molar-refractivity contribution in [1.29, 1.82) is 0 Å². The molecule has 5 heteroatoms. The molecule has 0 aliphatic carbocycles. The Morgan fingerprint density at radius 1 is 1.53 bits per heavy atom. The third kappa shape index (κ3) is 3.77. The van der Waals surface area contributed by atoms with Crippen LogP contribution in [0.1, 0.15) is 19.8 Å². The predicted molar refractivity (Wildman–Crippen MR) is 56.5 cm³/mol. The van der Waals surface area contributed by atoms with Crippen LogP contribution in [0.4, 0.5) is 0 Å². The van der Waals surface area contributed by atoms with Gasteiger partial charge >= 0.3 is 0 Å². The highest BCUT2D eigenvalue weighted by atomic mass is 16.5. The van der Waals surface area contributed by atoms with Crippen LogP contribution in [-0.2, 0) is 14.3 Å². The molecular formula is C10H20N2O3. The Morgan fingerprint density at radius 2 is 2.20 bits per heavy atom. The van der Waals surface area contributed by atoms with Crippen molar-refractivity contribution in [1.82, 2.24) is 5.32 Å². The SMILES string of the molecule is CCNC(=O)COC1(CN)CCOCC1. The molecule has 0 aromatic carbocycles. The molecule has 0 radical (unpaired) electrons. The van der Waals surface area contributed by atoms with Crippen LogP contribution in [0, 0.1) is 0 Å². The van der Waals surface area contributed by atoms with E-state index >= 15 is 0 Å². The number of hydrogen-bond donors (Lipinski definition) is 2. The molecule has 1 aliphatic rings. The summed E-state index contributed by atoms with van der Waals surface area (Å²) in [7, 11) is 0. The minimum absolute atomic E-state index is 0.0863. The summed E-state index contributed by atoms with van der Waals surface area (Å²) in [6.07, 6.45) is 1.53. The minimum atomic E-state index is -0.358. The highest BCUT2D eigenvalue weighted by Crippen LogP contribution is 2.23. The quantitative estimate of drug-likeness (QED) is 0.658. The Morgan fingerprint density at radius 3 is 2.73 bits per heavy atom. The average Bonchev–Trinajstić information content (AvgIpc) is 2.28. The normalized spacial score (nSPS) is 19.9. The molecule has 0 unspecified atom stereocenters. The van der Waals surface area contributed by atoms with Crippen LogP contribution in [0.2, 0.25) is 0 Å². The number of carbonyl (C=O) groups is 1. The average molecular weight is 216 g/mol. The van der Waals surface area contributed by atoms with Crippen molar-refractivity contribution in [2.75, 3.05) is 32.9 Å². The van der Waals surface area contributed by atoms with Crippen LogP contribution in [0.25, 0.3) is 0 Å². The number of nitrogens with two attached hydrogens (primary N) is 1. The minimum Gasteiger partial charge on any atom is -0.381 e. The van der Waals surface area contributed by atoms with Gasteiger partial charge in [0.1, 0.15) is 6.61 Å². The van der Waals surface area contributed by atoms with Crippen LogP contribution >= 0.6 is 0 Å². The monoisotopic (exact) mass is 216 g/mol. The molecule has 0 saturated carbocycles. The predicted octanol–water partition coefficient (Wildman–Crippen LogP) is -0.353. The number of carbonyl (C=O) groups excluding carboxylic acids is 1. The Balaban J connectivity index is 2.35. The fourth-order valence-corrected chi connectivity index (χ4v) is 1.62. The topological polar surface area (TPSA) is 73.6 Å². The lowest BCUT2D eigenvalue weighted by Crippen LogP contribution is -2.47. The van der Waals surface area contributed by atoms with Gasteiger partial charge in [-0.3, -0.25) is 4.79 Å². The van der Waals surface area contributed by atoms with E-state index < -0.39 is 0 Å². The highest BCUT2D eigenvalue weighted by molar-refractivity contribution is 5.77. The summed E-state index contributed by atoms with van der Waals surface area (Å²) in [5, 5.41) is 2.69. The van der Waals surface area contributed by atoms with E-state index in [0.29, 0.717) is 26.3 Å². The highest BCUT2D eigenvalue weighted by Gasteiger charge is 2.32. The third-order valence-electron chi connectivity index (χ3n) is 2.66. The van der Waals surface area contributed by atoms with Crippen LogP contribution in [0.15, 0.2) is 0 Å². The summed E-state index contributed by atoms with van der Waals surface area (Å²) >= 11 is 0. The number of ether oxygens (including phenoxy) is 2. The number of amides is 1. The van der Waals surface area contributed by atoms with E-state index in [4.69, 9.17) is 15.2 Å². The molecule has 0 aromatic heterocycles. The Kier molecular flexibility index (Phi) is 5.01. The van der Waals surface area contributed by atoms with Gasteiger partial charge in [0.15, 0.2) is 0 Å². The molecule has 0 atom stereocenters. The van der Waals surface area contributed by atoms with Gasteiger partial charge < -0.3 is 20.5 Å². The lowest BCUT2D eigenvalue weighted by atomic mass is 9.94. The first-order chi connectivity index (χ1) is 7.22.